The summed E-state index contributed by atoms with van der Waals surface area (Å²) in [7, 11) is 2.88. The molecule has 0 fully saturated rings. The molecule has 0 aliphatic rings. The van der Waals surface area contributed by atoms with Crippen molar-refractivity contribution in [1.82, 2.24) is 23.8 Å². The van der Waals surface area contributed by atoms with Crippen LogP contribution in [0.4, 0.5) is 0 Å². The van der Waals surface area contributed by atoms with Crippen molar-refractivity contribution in [2.24, 2.45) is 14.1 Å². The Balaban J connectivity index is 1.49. The van der Waals surface area contributed by atoms with Crippen LogP contribution < -0.4 is 11.2 Å². The fraction of sp³-hybridized carbons (Fsp3) is 0.235. The molecule has 4 aromatic heterocycles. The van der Waals surface area contributed by atoms with Crippen molar-refractivity contribution in [2.75, 3.05) is 0 Å². The zero-order chi connectivity index (χ0) is 19.8. The summed E-state index contributed by atoms with van der Waals surface area (Å²) < 4.78 is 14.0. The molecular formula is C17H15N5O5S. The number of fused-ring (bicyclic) bond motifs is 1. The van der Waals surface area contributed by atoms with Gasteiger partial charge in [0.25, 0.3) is 5.56 Å². The maximum Gasteiger partial charge on any atom is 0.332 e. The van der Waals surface area contributed by atoms with Gasteiger partial charge in [0.2, 0.25) is 0 Å². The second-order valence-electron chi connectivity index (χ2n) is 6.07. The van der Waals surface area contributed by atoms with E-state index in [2.05, 4.69) is 10.1 Å². The molecule has 0 saturated heterocycles. The highest BCUT2D eigenvalue weighted by Gasteiger charge is 2.17. The summed E-state index contributed by atoms with van der Waals surface area (Å²) in [5.74, 6) is 0.0296. The van der Waals surface area contributed by atoms with Crippen molar-refractivity contribution in [1.29, 1.82) is 0 Å². The first-order chi connectivity index (χ1) is 13.5. The van der Waals surface area contributed by atoms with Crippen LogP contribution in [-0.4, -0.2) is 29.8 Å². The summed E-state index contributed by atoms with van der Waals surface area (Å²) in [4.78, 5) is 41.5. The van der Waals surface area contributed by atoms with Crippen LogP contribution in [0, 0.1) is 0 Å². The fourth-order valence-corrected chi connectivity index (χ4v) is 3.44. The molecule has 4 aromatic rings. The normalized spacial score (nSPS) is 11.2. The summed E-state index contributed by atoms with van der Waals surface area (Å²) in [6.07, 6.45) is 1.33. The first kappa shape index (κ1) is 17.9. The lowest BCUT2D eigenvalue weighted by atomic mass is 10.3. The van der Waals surface area contributed by atoms with Crippen LogP contribution in [0.25, 0.3) is 21.8 Å². The molecule has 11 heteroatoms. The van der Waals surface area contributed by atoms with Gasteiger partial charge in [-0.1, -0.05) is 11.2 Å². The SMILES string of the molecule is Cn1c(=O)c2c(ncn2CC(=O)OCc2cc(-c3cccs3)on2)n(C)c1=O. The topological polar surface area (TPSA) is 114 Å². The van der Waals surface area contributed by atoms with Gasteiger partial charge in [-0.15, -0.1) is 11.3 Å². The lowest BCUT2D eigenvalue weighted by Crippen LogP contribution is -2.37. The molecule has 0 N–H and O–H groups in total. The number of aromatic nitrogens is 5. The molecule has 0 spiro atoms. The summed E-state index contributed by atoms with van der Waals surface area (Å²) in [5, 5.41) is 5.81. The average molecular weight is 401 g/mol. The second kappa shape index (κ2) is 6.93. The molecule has 0 radical (unpaired) electrons. The molecule has 4 heterocycles. The molecule has 0 aliphatic carbocycles. The van der Waals surface area contributed by atoms with Crippen LogP contribution in [-0.2, 0) is 36.8 Å². The van der Waals surface area contributed by atoms with Gasteiger partial charge in [0.15, 0.2) is 16.9 Å². The lowest BCUT2D eigenvalue weighted by molar-refractivity contribution is -0.145. The van der Waals surface area contributed by atoms with E-state index in [0.717, 1.165) is 9.44 Å². The third kappa shape index (κ3) is 3.05. The smallest absolute Gasteiger partial charge is 0.332 e. The third-order valence-corrected chi connectivity index (χ3v) is 5.11. The second-order valence-corrected chi connectivity index (χ2v) is 7.02. The van der Waals surface area contributed by atoms with Crippen molar-refractivity contribution in [3.63, 3.8) is 0 Å². The standard InChI is InChI=1S/C17H15N5O5S/c1-20-15-14(16(24)21(2)17(20)25)22(9-18-15)7-13(23)26-8-10-6-11(27-19-10)12-4-3-5-28-12/h3-6,9H,7-8H2,1-2H3. The van der Waals surface area contributed by atoms with Crippen LogP contribution in [0.3, 0.4) is 0 Å². The predicted molar refractivity (Wildman–Crippen MR) is 99.8 cm³/mol. The zero-order valence-electron chi connectivity index (χ0n) is 15.0. The Labute approximate surface area is 161 Å². The molecule has 0 amide bonds. The maximum absolute atomic E-state index is 12.4. The van der Waals surface area contributed by atoms with Gasteiger partial charge in [-0.05, 0) is 11.4 Å². The molecule has 10 nitrogen and oxygen atoms in total. The van der Waals surface area contributed by atoms with Gasteiger partial charge >= 0.3 is 11.7 Å². The largest absolute Gasteiger partial charge is 0.458 e. The lowest BCUT2D eigenvalue weighted by Gasteiger charge is -2.06. The van der Waals surface area contributed by atoms with E-state index in [4.69, 9.17) is 9.26 Å². The molecule has 0 aliphatic heterocycles. The molecule has 0 atom stereocenters. The minimum Gasteiger partial charge on any atom is -0.458 e. The van der Waals surface area contributed by atoms with Gasteiger partial charge in [0.05, 0.1) is 11.2 Å². The summed E-state index contributed by atoms with van der Waals surface area (Å²) in [5.41, 5.74) is -0.176. The molecule has 4 rings (SSSR count). The monoisotopic (exact) mass is 401 g/mol. The predicted octanol–water partition coefficient (Wildman–Crippen LogP) is 0.894. The number of rotatable bonds is 5. The minimum absolute atomic E-state index is 0.0587. The molecule has 0 bridgehead atoms. The number of carbonyl (C=O) groups excluding carboxylic acids is 1. The highest BCUT2D eigenvalue weighted by molar-refractivity contribution is 7.13. The van der Waals surface area contributed by atoms with Crippen molar-refractivity contribution in [3.05, 3.63) is 56.4 Å². The fourth-order valence-electron chi connectivity index (χ4n) is 2.77. The quantitative estimate of drug-likeness (QED) is 0.456. The van der Waals surface area contributed by atoms with Crippen molar-refractivity contribution in [3.8, 4) is 10.6 Å². The third-order valence-electron chi connectivity index (χ3n) is 4.22. The maximum atomic E-state index is 12.4. The van der Waals surface area contributed by atoms with Crippen LogP contribution in [0.2, 0.25) is 0 Å². The number of esters is 1. The van der Waals surface area contributed by atoms with E-state index in [1.165, 1.54) is 40.9 Å². The van der Waals surface area contributed by atoms with E-state index >= 15 is 0 Å². The van der Waals surface area contributed by atoms with E-state index in [0.29, 0.717) is 11.5 Å². The highest BCUT2D eigenvalue weighted by Crippen LogP contribution is 2.25. The van der Waals surface area contributed by atoms with Gasteiger partial charge in [-0.3, -0.25) is 18.7 Å². The molecule has 0 aromatic carbocycles. The summed E-state index contributed by atoms with van der Waals surface area (Å²) in [6, 6.07) is 5.51. The molecule has 0 unspecified atom stereocenters. The van der Waals surface area contributed by atoms with Crippen LogP contribution in [0.1, 0.15) is 5.69 Å². The Morgan fingerprint density at radius 1 is 1.29 bits per heavy atom. The van der Waals surface area contributed by atoms with Crippen LogP contribution in [0.15, 0.2) is 44.0 Å². The molecule has 144 valence electrons. The number of ether oxygens (including phenoxy) is 1. The van der Waals surface area contributed by atoms with E-state index in [1.54, 1.807) is 6.07 Å². The molecule has 28 heavy (non-hydrogen) atoms. The summed E-state index contributed by atoms with van der Waals surface area (Å²) >= 11 is 1.51. The molecule has 0 saturated carbocycles. The number of aryl methyl sites for hydroxylation is 1. The van der Waals surface area contributed by atoms with Crippen LogP contribution in [0.5, 0.6) is 0 Å². The van der Waals surface area contributed by atoms with Gasteiger partial charge in [0, 0.05) is 20.2 Å². The Morgan fingerprint density at radius 2 is 2.11 bits per heavy atom. The Kier molecular flexibility index (Phi) is 4.43. The van der Waals surface area contributed by atoms with Gasteiger partial charge in [-0.2, -0.15) is 0 Å². The van der Waals surface area contributed by atoms with E-state index in [-0.39, 0.29) is 24.3 Å². The minimum atomic E-state index is -0.573. The van der Waals surface area contributed by atoms with Gasteiger partial charge in [-0.25, -0.2) is 9.78 Å². The first-order valence-corrected chi connectivity index (χ1v) is 9.09. The van der Waals surface area contributed by atoms with Crippen molar-refractivity contribution < 1.29 is 14.1 Å². The van der Waals surface area contributed by atoms with E-state index < -0.39 is 17.2 Å². The Morgan fingerprint density at radius 3 is 2.86 bits per heavy atom. The zero-order valence-corrected chi connectivity index (χ0v) is 15.8. The van der Waals surface area contributed by atoms with Gasteiger partial charge < -0.3 is 13.8 Å². The Bertz CT molecular complexity index is 1280. The number of imidazole rings is 1. The first-order valence-electron chi connectivity index (χ1n) is 8.21. The number of hydrogen-bond donors (Lipinski definition) is 0. The number of thiophene rings is 1. The van der Waals surface area contributed by atoms with Crippen molar-refractivity contribution >= 4 is 28.5 Å². The van der Waals surface area contributed by atoms with Crippen molar-refractivity contribution in [2.45, 2.75) is 13.2 Å². The molecular weight excluding hydrogens is 386 g/mol. The highest BCUT2D eigenvalue weighted by atomic mass is 32.1. The number of nitrogens with zero attached hydrogens (tertiary/aromatic N) is 5. The number of carbonyl (C=O) groups is 1. The number of hydrogen-bond acceptors (Lipinski definition) is 8. The van der Waals surface area contributed by atoms with E-state index in [1.807, 2.05) is 17.5 Å². The Hall–Kier alpha value is -3.47. The van der Waals surface area contributed by atoms with Gasteiger partial charge in [0.1, 0.15) is 18.8 Å². The van der Waals surface area contributed by atoms with Crippen LogP contribution >= 0.6 is 11.3 Å². The summed E-state index contributed by atoms with van der Waals surface area (Å²) in [6.45, 7) is -0.281. The average Bonchev–Trinajstić information content (AvgIpc) is 3.43. The van der Waals surface area contributed by atoms with E-state index in [9.17, 15) is 14.4 Å².